The van der Waals surface area contributed by atoms with Gasteiger partial charge in [0, 0.05) is 6.42 Å². The number of rotatable bonds is 6. The molecule has 0 unspecified atom stereocenters. The van der Waals surface area contributed by atoms with Gasteiger partial charge < -0.3 is 4.79 Å². The van der Waals surface area contributed by atoms with Crippen molar-refractivity contribution in [3.63, 3.8) is 0 Å². The number of carbonyl (C=O) groups is 1. The highest BCUT2D eigenvalue weighted by atomic mass is 16.1. The molecule has 1 heteroatoms. The van der Waals surface area contributed by atoms with Crippen LogP contribution in [0.4, 0.5) is 0 Å². The quantitative estimate of drug-likeness (QED) is 0.338. The van der Waals surface area contributed by atoms with Gasteiger partial charge in [-0.1, -0.05) is 25.0 Å². The van der Waals surface area contributed by atoms with E-state index in [2.05, 4.69) is 26.8 Å². The van der Waals surface area contributed by atoms with Gasteiger partial charge in [-0.3, -0.25) is 0 Å². The van der Waals surface area contributed by atoms with Gasteiger partial charge in [0.1, 0.15) is 6.29 Å². The maximum Gasteiger partial charge on any atom is 0.120 e. The lowest BCUT2D eigenvalue weighted by Gasteiger charge is -2.04. The second-order valence-corrected chi connectivity index (χ2v) is 3.72. The smallest absolute Gasteiger partial charge is 0.120 e. The predicted molar refractivity (Wildman–Crippen MR) is 53.1 cm³/mol. The summed E-state index contributed by atoms with van der Waals surface area (Å²) in [6, 6.07) is 0. The summed E-state index contributed by atoms with van der Waals surface area (Å²) in [6.07, 6.45) is 7.53. The zero-order valence-corrected chi connectivity index (χ0v) is 8.47. The molecule has 70 valence electrons. The van der Waals surface area contributed by atoms with Crippen molar-refractivity contribution in [2.24, 2.45) is 5.92 Å². The lowest BCUT2D eigenvalue weighted by Crippen LogP contribution is -1.94. The summed E-state index contributed by atoms with van der Waals surface area (Å²) < 4.78 is 0. The van der Waals surface area contributed by atoms with E-state index >= 15 is 0 Å². The number of allylic oxidation sites excluding steroid dienone is 2. The molecule has 0 fully saturated rings. The monoisotopic (exact) mass is 168 g/mol. The van der Waals surface area contributed by atoms with E-state index in [0.717, 1.165) is 19.1 Å². The first-order valence-electron chi connectivity index (χ1n) is 4.73. The Hall–Kier alpha value is -0.590. The Kier molecular flexibility index (Phi) is 6.73. The Balaban J connectivity index is 3.30. The molecule has 0 saturated heterocycles. The molecule has 0 aromatic carbocycles. The van der Waals surface area contributed by atoms with Crippen LogP contribution in [0.25, 0.3) is 0 Å². The highest BCUT2D eigenvalue weighted by Gasteiger charge is 1.98. The van der Waals surface area contributed by atoms with Crippen molar-refractivity contribution in [1.29, 1.82) is 0 Å². The summed E-state index contributed by atoms with van der Waals surface area (Å²) in [4.78, 5) is 10.1. The van der Waals surface area contributed by atoms with E-state index in [-0.39, 0.29) is 0 Å². The van der Waals surface area contributed by atoms with Crippen molar-refractivity contribution in [2.75, 3.05) is 0 Å². The largest absolute Gasteiger partial charge is 0.303 e. The molecule has 1 atom stereocenters. The van der Waals surface area contributed by atoms with Crippen LogP contribution >= 0.6 is 0 Å². The van der Waals surface area contributed by atoms with Gasteiger partial charge in [-0.05, 0) is 32.6 Å². The maximum atomic E-state index is 10.1. The zero-order valence-electron chi connectivity index (χ0n) is 8.47. The second kappa shape index (κ2) is 7.08. The van der Waals surface area contributed by atoms with Crippen LogP contribution in [0, 0.1) is 5.92 Å². The van der Waals surface area contributed by atoms with E-state index in [4.69, 9.17) is 0 Å². The van der Waals surface area contributed by atoms with Crippen LogP contribution in [0.3, 0.4) is 0 Å². The van der Waals surface area contributed by atoms with E-state index in [1.165, 1.54) is 18.4 Å². The molecule has 0 bridgehead atoms. The molecule has 0 aliphatic carbocycles. The Morgan fingerprint density at radius 3 is 2.58 bits per heavy atom. The van der Waals surface area contributed by atoms with Crippen molar-refractivity contribution in [1.82, 2.24) is 0 Å². The number of hydrogen-bond acceptors (Lipinski definition) is 1. The molecular weight excluding hydrogens is 148 g/mol. The van der Waals surface area contributed by atoms with Crippen LogP contribution in [0.2, 0.25) is 0 Å². The summed E-state index contributed by atoms with van der Waals surface area (Å²) in [5.41, 5.74) is 1.39. The van der Waals surface area contributed by atoms with Crippen LogP contribution in [-0.4, -0.2) is 6.29 Å². The molecule has 0 aromatic rings. The Morgan fingerprint density at radius 1 is 1.42 bits per heavy atom. The van der Waals surface area contributed by atoms with Gasteiger partial charge in [0.15, 0.2) is 0 Å². The van der Waals surface area contributed by atoms with Crippen molar-refractivity contribution >= 4 is 6.29 Å². The Bertz CT molecular complexity index is 143. The third-order valence-electron chi connectivity index (χ3n) is 1.95. The molecule has 0 saturated carbocycles. The average molecular weight is 168 g/mol. The van der Waals surface area contributed by atoms with Crippen LogP contribution in [0.1, 0.15) is 46.5 Å². The predicted octanol–water partition coefficient (Wildman–Crippen LogP) is 3.35. The molecular formula is C11H20O. The summed E-state index contributed by atoms with van der Waals surface area (Å²) in [7, 11) is 0. The molecule has 0 amide bonds. The summed E-state index contributed by atoms with van der Waals surface area (Å²) >= 11 is 0. The highest BCUT2D eigenvalue weighted by molar-refractivity contribution is 5.49. The van der Waals surface area contributed by atoms with Crippen LogP contribution < -0.4 is 0 Å². The van der Waals surface area contributed by atoms with Gasteiger partial charge in [0.05, 0.1) is 0 Å². The number of hydrogen-bond donors (Lipinski definition) is 0. The third-order valence-corrected chi connectivity index (χ3v) is 1.95. The molecule has 1 nitrogen and oxygen atoms in total. The van der Waals surface area contributed by atoms with Crippen molar-refractivity contribution < 1.29 is 4.79 Å². The topological polar surface area (TPSA) is 17.1 Å². The maximum absolute atomic E-state index is 10.1. The minimum absolute atomic E-state index is 0.563. The first-order chi connectivity index (χ1) is 5.66. The fourth-order valence-corrected chi connectivity index (χ4v) is 1.14. The summed E-state index contributed by atoms with van der Waals surface area (Å²) in [6.45, 7) is 6.38. The van der Waals surface area contributed by atoms with E-state index in [0.29, 0.717) is 5.92 Å². The van der Waals surface area contributed by atoms with Crippen LogP contribution in [-0.2, 0) is 4.79 Å². The number of unbranched alkanes of at least 4 members (excludes halogenated alkanes) is 1. The van der Waals surface area contributed by atoms with E-state index in [9.17, 15) is 4.79 Å². The van der Waals surface area contributed by atoms with Gasteiger partial charge in [-0.15, -0.1) is 0 Å². The molecule has 0 radical (unpaired) electrons. The lowest BCUT2D eigenvalue weighted by atomic mass is 10.0. The van der Waals surface area contributed by atoms with Crippen molar-refractivity contribution in [2.45, 2.75) is 46.5 Å². The lowest BCUT2D eigenvalue weighted by molar-refractivity contribution is -0.108. The van der Waals surface area contributed by atoms with Crippen molar-refractivity contribution in [3.8, 4) is 0 Å². The standard InChI is InChI=1S/C11H20O/c1-10(2)6-4-5-7-11(3)8-9-12/h6,9,11H,4-5,7-8H2,1-3H3/t11-/m0/s1. The van der Waals surface area contributed by atoms with Gasteiger partial charge in [0.25, 0.3) is 0 Å². The first-order valence-corrected chi connectivity index (χ1v) is 4.73. The van der Waals surface area contributed by atoms with E-state index in [1.807, 2.05) is 0 Å². The molecule has 0 rings (SSSR count). The second-order valence-electron chi connectivity index (χ2n) is 3.72. The SMILES string of the molecule is CC(C)=CCCC[C@H](C)CC=O. The molecule has 0 aromatic heterocycles. The fourth-order valence-electron chi connectivity index (χ4n) is 1.14. The zero-order chi connectivity index (χ0) is 9.40. The third kappa shape index (κ3) is 7.52. The fraction of sp³-hybridized carbons (Fsp3) is 0.727. The molecule has 0 heterocycles. The van der Waals surface area contributed by atoms with Gasteiger partial charge >= 0.3 is 0 Å². The molecule has 0 aliphatic heterocycles. The first kappa shape index (κ1) is 11.4. The van der Waals surface area contributed by atoms with Crippen LogP contribution in [0.15, 0.2) is 11.6 Å². The molecule has 12 heavy (non-hydrogen) atoms. The average Bonchev–Trinajstić information content (AvgIpc) is 1.98. The Morgan fingerprint density at radius 2 is 2.08 bits per heavy atom. The normalized spacial score (nSPS) is 12.2. The minimum atomic E-state index is 0.563. The van der Waals surface area contributed by atoms with Crippen molar-refractivity contribution in [3.05, 3.63) is 11.6 Å². The van der Waals surface area contributed by atoms with Crippen LogP contribution in [0.5, 0.6) is 0 Å². The van der Waals surface area contributed by atoms with E-state index in [1.54, 1.807) is 0 Å². The Labute approximate surface area is 75.9 Å². The molecule has 0 aliphatic rings. The minimum Gasteiger partial charge on any atom is -0.303 e. The number of carbonyl (C=O) groups excluding carboxylic acids is 1. The molecule has 0 N–H and O–H groups in total. The summed E-state index contributed by atoms with van der Waals surface area (Å²) in [5.74, 6) is 0.563. The summed E-state index contributed by atoms with van der Waals surface area (Å²) in [5, 5.41) is 0. The van der Waals surface area contributed by atoms with Gasteiger partial charge in [0.2, 0.25) is 0 Å². The number of aldehydes is 1. The van der Waals surface area contributed by atoms with Gasteiger partial charge in [-0.25, -0.2) is 0 Å². The van der Waals surface area contributed by atoms with Gasteiger partial charge in [-0.2, -0.15) is 0 Å². The highest BCUT2D eigenvalue weighted by Crippen LogP contribution is 2.11. The molecule has 0 spiro atoms. The van der Waals surface area contributed by atoms with E-state index < -0.39 is 0 Å².